The fourth-order valence-corrected chi connectivity index (χ4v) is 2.30. The van der Waals surface area contributed by atoms with Gasteiger partial charge in [-0.05, 0) is 31.5 Å². The van der Waals surface area contributed by atoms with Gasteiger partial charge in [0.25, 0.3) is 0 Å². The van der Waals surface area contributed by atoms with Crippen LogP contribution in [0, 0.1) is 6.92 Å². The Morgan fingerprint density at radius 2 is 1.80 bits per heavy atom. The van der Waals surface area contributed by atoms with E-state index in [1.807, 2.05) is 4.90 Å². The van der Waals surface area contributed by atoms with E-state index in [1.165, 1.54) is 11.3 Å². The number of halogens is 2. The van der Waals surface area contributed by atoms with Crippen LogP contribution in [0.5, 0.6) is 0 Å². The van der Waals surface area contributed by atoms with E-state index in [4.69, 9.17) is 5.73 Å². The SMILES string of the molecule is Cc1cccc(N2CCN(C(=O)[C@H](C)N)CC2)c1.Cl.Cl. The highest BCUT2D eigenvalue weighted by molar-refractivity contribution is 5.85. The van der Waals surface area contributed by atoms with E-state index in [0.717, 1.165) is 26.2 Å². The number of hydrogen-bond acceptors (Lipinski definition) is 3. The number of amides is 1. The number of piperazine rings is 1. The zero-order valence-corrected chi connectivity index (χ0v) is 13.5. The summed E-state index contributed by atoms with van der Waals surface area (Å²) in [6, 6.07) is 8.08. The first-order valence-electron chi connectivity index (χ1n) is 6.44. The Hall–Kier alpha value is -0.970. The highest BCUT2D eigenvalue weighted by Gasteiger charge is 2.23. The molecule has 114 valence electrons. The van der Waals surface area contributed by atoms with Gasteiger partial charge in [-0.2, -0.15) is 0 Å². The van der Waals surface area contributed by atoms with Gasteiger partial charge in [-0.25, -0.2) is 0 Å². The molecule has 1 amide bonds. The smallest absolute Gasteiger partial charge is 0.239 e. The summed E-state index contributed by atoms with van der Waals surface area (Å²) in [5.41, 5.74) is 8.13. The molecular formula is C14H23Cl2N3O. The summed E-state index contributed by atoms with van der Waals surface area (Å²) >= 11 is 0. The third-order valence-corrected chi connectivity index (χ3v) is 3.35. The Morgan fingerprint density at radius 3 is 2.30 bits per heavy atom. The van der Waals surface area contributed by atoms with Crippen molar-refractivity contribution in [1.82, 2.24) is 4.90 Å². The fraction of sp³-hybridized carbons (Fsp3) is 0.500. The topological polar surface area (TPSA) is 49.6 Å². The fourth-order valence-electron chi connectivity index (χ4n) is 2.30. The van der Waals surface area contributed by atoms with E-state index in [0.29, 0.717) is 0 Å². The molecule has 0 aliphatic carbocycles. The van der Waals surface area contributed by atoms with Gasteiger partial charge in [-0.1, -0.05) is 12.1 Å². The monoisotopic (exact) mass is 319 g/mol. The van der Waals surface area contributed by atoms with Gasteiger partial charge in [-0.3, -0.25) is 4.79 Å². The lowest BCUT2D eigenvalue weighted by atomic mass is 10.2. The second-order valence-electron chi connectivity index (χ2n) is 4.94. The molecular weight excluding hydrogens is 297 g/mol. The lowest BCUT2D eigenvalue weighted by molar-refractivity contribution is -0.132. The molecule has 1 aromatic carbocycles. The minimum atomic E-state index is -0.393. The van der Waals surface area contributed by atoms with Crippen molar-refractivity contribution < 1.29 is 4.79 Å². The van der Waals surface area contributed by atoms with Crippen molar-refractivity contribution in [3.63, 3.8) is 0 Å². The third kappa shape index (κ3) is 4.54. The van der Waals surface area contributed by atoms with E-state index in [-0.39, 0.29) is 30.7 Å². The number of rotatable bonds is 2. The summed E-state index contributed by atoms with van der Waals surface area (Å²) in [5, 5.41) is 0. The van der Waals surface area contributed by atoms with E-state index < -0.39 is 6.04 Å². The molecule has 0 saturated carbocycles. The zero-order chi connectivity index (χ0) is 13.1. The summed E-state index contributed by atoms with van der Waals surface area (Å²) in [5.74, 6) is 0.0545. The maximum absolute atomic E-state index is 11.8. The van der Waals surface area contributed by atoms with E-state index >= 15 is 0 Å². The molecule has 0 spiro atoms. The van der Waals surface area contributed by atoms with Crippen molar-refractivity contribution in [1.29, 1.82) is 0 Å². The molecule has 1 aromatic rings. The molecule has 6 heteroatoms. The number of anilines is 1. The second kappa shape index (κ2) is 8.35. The molecule has 1 heterocycles. The minimum Gasteiger partial charge on any atom is -0.368 e. The Bertz CT molecular complexity index is 432. The molecule has 2 N–H and O–H groups in total. The first kappa shape index (κ1) is 19.0. The van der Waals surface area contributed by atoms with Gasteiger partial charge in [0.1, 0.15) is 0 Å². The summed E-state index contributed by atoms with van der Waals surface area (Å²) in [6.45, 7) is 7.11. The van der Waals surface area contributed by atoms with Crippen LogP contribution < -0.4 is 10.6 Å². The summed E-state index contributed by atoms with van der Waals surface area (Å²) in [7, 11) is 0. The van der Waals surface area contributed by atoms with Crippen molar-refractivity contribution in [2.75, 3.05) is 31.1 Å². The molecule has 1 saturated heterocycles. The van der Waals surface area contributed by atoms with Crippen LogP contribution in [0.2, 0.25) is 0 Å². The molecule has 1 aliphatic heterocycles. The van der Waals surface area contributed by atoms with Crippen LogP contribution in [0.15, 0.2) is 24.3 Å². The molecule has 2 rings (SSSR count). The molecule has 1 fully saturated rings. The number of hydrogen-bond donors (Lipinski definition) is 1. The summed E-state index contributed by atoms with van der Waals surface area (Å²) in [6.07, 6.45) is 0. The number of carbonyl (C=O) groups is 1. The van der Waals surface area contributed by atoms with Crippen molar-refractivity contribution in [3.05, 3.63) is 29.8 Å². The van der Waals surface area contributed by atoms with Gasteiger partial charge >= 0.3 is 0 Å². The van der Waals surface area contributed by atoms with Gasteiger partial charge < -0.3 is 15.5 Å². The van der Waals surface area contributed by atoms with Crippen LogP contribution in [0.1, 0.15) is 12.5 Å². The van der Waals surface area contributed by atoms with Crippen LogP contribution >= 0.6 is 24.8 Å². The average Bonchev–Trinajstić information content (AvgIpc) is 2.38. The number of nitrogens with two attached hydrogens (primary N) is 1. The molecule has 0 radical (unpaired) electrons. The van der Waals surface area contributed by atoms with E-state index in [2.05, 4.69) is 36.1 Å². The first-order valence-corrected chi connectivity index (χ1v) is 6.44. The van der Waals surface area contributed by atoms with Crippen molar-refractivity contribution in [2.45, 2.75) is 19.9 Å². The maximum Gasteiger partial charge on any atom is 0.239 e. The van der Waals surface area contributed by atoms with Gasteiger partial charge in [-0.15, -0.1) is 24.8 Å². The van der Waals surface area contributed by atoms with Crippen molar-refractivity contribution >= 4 is 36.4 Å². The zero-order valence-electron chi connectivity index (χ0n) is 11.9. The van der Waals surface area contributed by atoms with Crippen LogP contribution in [-0.2, 0) is 4.79 Å². The highest BCUT2D eigenvalue weighted by Crippen LogP contribution is 2.17. The highest BCUT2D eigenvalue weighted by atomic mass is 35.5. The Kier molecular flexibility index (Phi) is 7.94. The average molecular weight is 320 g/mol. The molecule has 0 unspecified atom stereocenters. The van der Waals surface area contributed by atoms with Crippen molar-refractivity contribution in [2.24, 2.45) is 5.73 Å². The summed E-state index contributed by atoms with van der Waals surface area (Å²) < 4.78 is 0. The number of benzene rings is 1. The second-order valence-corrected chi connectivity index (χ2v) is 4.94. The number of aryl methyl sites for hydroxylation is 1. The molecule has 0 aromatic heterocycles. The lowest BCUT2D eigenvalue weighted by Crippen LogP contribution is -2.52. The minimum absolute atomic E-state index is 0. The van der Waals surface area contributed by atoms with Crippen molar-refractivity contribution in [3.8, 4) is 0 Å². The quantitative estimate of drug-likeness (QED) is 0.904. The Balaban J connectivity index is 0.00000180. The van der Waals surface area contributed by atoms with Gasteiger partial charge in [0.05, 0.1) is 6.04 Å². The maximum atomic E-state index is 11.8. The van der Waals surface area contributed by atoms with E-state index in [1.54, 1.807) is 6.92 Å². The lowest BCUT2D eigenvalue weighted by Gasteiger charge is -2.36. The Labute approximate surface area is 133 Å². The normalized spacial score (nSPS) is 15.9. The van der Waals surface area contributed by atoms with E-state index in [9.17, 15) is 4.79 Å². The Morgan fingerprint density at radius 1 is 1.20 bits per heavy atom. The van der Waals surface area contributed by atoms with Crippen LogP contribution in [-0.4, -0.2) is 43.0 Å². The van der Waals surface area contributed by atoms with Gasteiger partial charge in [0.15, 0.2) is 0 Å². The van der Waals surface area contributed by atoms with Crippen LogP contribution in [0.4, 0.5) is 5.69 Å². The number of nitrogens with zero attached hydrogens (tertiary/aromatic N) is 2. The van der Waals surface area contributed by atoms with Crippen LogP contribution in [0.3, 0.4) is 0 Å². The predicted molar refractivity (Wildman–Crippen MR) is 88.1 cm³/mol. The predicted octanol–water partition coefficient (Wildman–Crippen LogP) is 1.83. The van der Waals surface area contributed by atoms with Gasteiger partial charge in [0.2, 0.25) is 5.91 Å². The molecule has 4 nitrogen and oxygen atoms in total. The van der Waals surface area contributed by atoms with Gasteiger partial charge in [0, 0.05) is 31.9 Å². The summed E-state index contributed by atoms with van der Waals surface area (Å²) in [4.78, 5) is 16.0. The molecule has 1 aliphatic rings. The number of carbonyl (C=O) groups excluding carboxylic acids is 1. The molecule has 0 bridgehead atoms. The third-order valence-electron chi connectivity index (χ3n) is 3.35. The standard InChI is InChI=1S/C14H21N3O.2ClH/c1-11-4-3-5-13(10-11)16-6-8-17(9-7-16)14(18)12(2)15;;/h3-5,10,12H,6-9,15H2,1-2H3;2*1H/t12-;;/m0../s1. The first-order chi connectivity index (χ1) is 8.58. The van der Waals surface area contributed by atoms with Crippen LogP contribution in [0.25, 0.3) is 0 Å². The largest absolute Gasteiger partial charge is 0.368 e. The molecule has 1 atom stereocenters. The molecule has 20 heavy (non-hydrogen) atoms.